The van der Waals surface area contributed by atoms with Crippen LogP contribution in [-0.4, -0.2) is 33.4 Å². The predicted molar refractivity (Wildman–Crippen MR) is 69.9 cm³/mol. The number of amides is 1. The molecule has 18 heavy (non-hydrogen) atoms. The zero-order valence-electron chi connectivity index (χ0n) is 11.2. The number of hydrogen-bond donors (Lipinski definition) is 1. The first kappa shape index (κ1) is 13.1. The van der Waals surface area contributed by atoms with E-state index in [1.54, 1.807) is 12.5 Å². The second kappa shape index (κ2) is 5.10. The van der Waals surface area contributed by atoms with Gasteiger partial charge in [0.2, 0.25) is 5.91 Å². The van der Waals surface area contributed by atoms with Gasteiger partial charge in [-0.3, -0.25) is 4.79 Å². The summed E-state index contributed by atoms with van der Waals surface area (Å²) < 4.78 is 1.98. The van der Waals surface area contributed by atoms with E-state index in [4.69, 9.17) is 5.73 Å². The van der Waals surface area contributed by atoms with E-state index in [2.05, 4.69) is 4.98 Å². The number of hydrogen-bond acceptors (Lipinski definition) is 3. The Hall–Kier alpha value is -1.36. The number of imidazole rings is 1. The van der Waals surface area contributed by atoms with Crippen LogP contribution in [0.3, 0.4) is 0 Å². The fourth-order valence-corrected chi connectivity index (χ4v) is 2.38. The summed E-state index contributed by atoms with van der Waals surface area (Å²) in [6.07, 6.45) is 6.33. The second-order valence-electron chi connectivity index (χ2n) is 5.53. The van der Waals surface area contributed by atoms with Gasteiger partial charge in [-0.1, -0.05) is 0 Å². The minimum Gasteiger partial charge on any atom is -0.343 e. The molecule has 0 unspecified atom stereocenters. The van der Waals surface area contributed by atoms with Gasteiger partial charge in [-0.25, -0.2) is 4.98 Å². The van der Waals surface area contributed by atoms with Crippen LogP contribution in [-0.2, 0) is 16.9 Å². The van der Waals surface area contributed by atoms with Gasteiger partial charge in [0, 0.05) is 32.3 Å². The van der Waals surface area contributed by atoms with Crippen LogP contribution in [0, 0.1) is 0 Å². The Bertz CT molecular complexity index is 413. The summed E-state index contributed by atoms with van der Waals surface area (Å²) in [5, 5.41) is 0. The van der Waals surface area contributed by atoms with Crippen molar-refractivity contribution >= 4 is 5.91 Å². The first-order chi connectivity index (χ1) is 8.48. The molecule has 100 valence electrons. The molecule has 0 spiro atoms. The van der Waals surface area contributed by atoms with Crippen molar-refractivity contribution in [1.82, 2.24) is 14.5 Å². The molecule has 0 bridgehead atoms. The number of carbonyl (C=O) groups excluding carboxylic acids is 1. The number of nitrogens with zero attached hydrogens (tertiary/aromatic N) is 3. The van der Waals surface area contributed by atoms with Gasteiger partial charge >= 0.3 is 0 Å². The summed E-state index contributed by atoms with van der Waals surface area (Å²) in [6.45, 7) is 6.38. The third-order valence-electron chi connectivity index (χ3n) is 3.40. The monoisotopic (exact) mass is 250 g/mol. The van der Waals surface area contributed by atoms with Crippen molar-refractivity contribution in [2.24, 2.45) is 5.73 Å². The van der Waals surface area contributed by atoms with Gasteiger partial charge in [0.05, 0.1) is 17.6 Å². The lowest BCUT2D eigenvalue weighted by Crippen LogP contribution is -2.32. The summed E-state index contributed by atoms with van der Waals surface area (Å²) in [7, 11) is 0. The van der Waals surface area contributed by atoms with E-state index >= 15 is 0 Å². The highest BCUT2D eigenvalue weighted by molar-refractivity contribution is 5.76. The number of carbonyl (C=O) groups is 1. The lowest BCUT2D eigenvalue weighted by Gasteiger charge is -2.21. The molecule has 5 nitrogen and oxygen atoms in total. The largest absolute Gasteiger partial charge is 0.343 e. The summed E-state index contributed by atoms with van der Waals surface area (Å²) in [4.78, 5) is 18.0. The van der Waals surface area contributed by atoms with Crippen molar-refractivity contribution in [3.05, 3.63) is 18.2 Å². The fourth-order valence-electron chi connectivity index (χ4n) is 2.38. The van der Waals surface area contributed by atoms with E-state index in [0.717, 1.165) is 31.6 Å². The van der Waals surface area contributed by atoms with E-state index < -0.39 is 5.54 Å². The maximum atomic E-state index is 12.0. The summed E-state index contributed by atoms with van der Waals surface area (Å²) in [6, 6.07) is 0. The molecular weight excluding hydrogens is 228 g/mol. The topological polar surface area (TPSA) is 64.1 Å². The molecule has 2 rings (SSSR count). The van der Waals surface area contributed by atoms with Crippen LogP contribution in [0.15, 0.2) is 12.5 Å². The number of aromatic nitrogens is 2. The summed E-state index contributed by atoms with van der Waals surface area (Å²) >= 11 is 0. The highest BCUT2D eigenvalue weighted by atomic mass is 16.2. The van der Waals surface area contributed by atoms with Crippen LogP contribution in [0.1, 0.15) is 38.8 Å². The van der Waals surface area contributed by atoms with E-state index in [0.29, 0.717) is 13.0 Å². The van der Waals surface area contributed by atoms with Gasteiger partial charge in [-0.05, 0) is 26.7 Å². The Labute approximate surface area is 108 Å². The highest BCUT2D eigenvalue weighted by Gasteiger charge is 2.21. The van der Waals surface area contributed by atoms with Gasteiger partial charge in [-0.15, -0.1) is 0 Å². The maximum Gasteiger partial charge on any atom is 0.224 e. The maximum absolute atomic E-state index is 12.0. The van der Waals surface area contributed by atoms with E-state index in [9.17, 15) is 4.79 Å². The lowest BCUT2D eigenvalue weighted by molar-refractivity contribution is -0.130. The third kappa shape index (κ3) is 2.90. The Morgan fingerprint density at radius 1 is 1.44 bits per heavy atom. The van der Waals surface area contributed by atoms with Gasteiger partial charge < -0.3 is 15.2 Å². The zero-order valence-corrected chi connectivity index (χ0v) is 11.2. The minimum atomic E-state index is -0.423. The second-order valence-corrected chi connectivity index (χ2v) is 5.53. The third-order valence-corrected chi connectivity index (χ3v) is 3.40. The van der Waals surface area contributed by atoms with Crippen LogP contribution in [0.25, 0.3) is 0 Å². The molecule has 1 fully saturated rings. The Morgan fingerprint density at radius 3 is 2.72 bits per heavy atom. The quantitative estimate of drug-likeness (QED) is 0.870. The highest BCUT2D eigenvalue weighted by Crippen LogP contribution is 2.17. The first-order valence-electron chi connectivity index (χ1n) is 6.56. The van der Waals surface area contributed by atoms with Crippen LogP contribution in [0.4, 0.5) is 0 Å². The molecule has 1 saturated heterocycles. The summed E-state index contributed by atoms with van der Waals surface area (Å²) in [5.74, 6) is 0.238. The average molecular weight is 250 g/mol. The molecule has 1 aliphatic rings. The summed E-state index contributed by atoms with van der Waals surface area (Å²) in [5.41, 5.74) is 6.62. The molecule has 0 saturated carbocycles. The Kier molecular flexibility index (Phi) is 3.71. The normalized spacial score (nSPS) is 16.3. The number of nitrogens with two attached hydrogens (primary N) is 1. The Morgan fingerprint density at radius 2 is 2.11 bits per heavy atom. The van der Waals surface area contributed by atoms with Crippen LogP contribution in [0.2, 0.25) is 0 Å². The number of rotatable bonds is 4. The predicted octanol–water partition coefficient (Wildman–Crippen LogP) is 1.09. The van der Waals surface area contributed by atoms with Crippen molar-refractivity contribution in [2.45, 2.75) is 45.2 Å². The van der Waals surface area contributed by atoms with Crippen LogP contribution >= 0.6 is 0 Å². The van der Waals surface area contributed by atoms with Crippen molar-refractivity contribution in [1.29, 1.82) is 0 Å². The van der Waals surface area contributed by atoms with Gasteiger partial charge in [0.25, 0.3) is 0 Å². The number of aryl methyl sites for hydroxylation is 1. The molecule has 0 aliphatic carbocycles. The molecule has 0 radical (unpaired) electrons. The van der Waals surface area contributed by atoms with Crippen molar-refractivity contribution in [3.63, 3.8) is 0 Å². The minimum absolute atomic E-state index is 0.238. The standard InChI is InChI=1S/C13H22N4O/c1-13(2,14)11-9-15-10-17(11)8-5-12(18)16-6-3-4-7-16/h9-10H,3-8,14H2,1-2H3. The number of likely N-dealkylation sites (tertiary alicyclic amines) is 1. The molecule has 1 amide bonds. The van der Waals surface area contributed by atoms with Crippen molar-refractivity contribution in [3.8, 4) is 0 Å². The SMILES string of the molecule is CC(C)(N)c1cncn1CCC(=O)N1CCCC1. The first-order valence-corrected chi connectivity index (χ1v) is 6.56. The molecule has 1 aliphatic heterocycles. The smallest absolute Gasteiger partial charge is 0.224 e. The Balaban J connectivity index is 1.94. The van der Waals surface area contributed by atoms with Gasteiger partial charge in [-0.2, -0.15) is 0 Å². The van der Waals surface area contributed by atoms with Crippen molar-refractivity contribution in [2.75, 3.05) is 13.1 Å². The van der Waals surface area contributed by atoms with Gasteiger partial charge in [0.1, 0.15) is 0 Å². The molecule has 2 N–H and O–H groups in total. The molecule has 1 aromatic heterocycles. The molecular formula is C13H22N4O. The zero-order chi connectivity index (χ0) is 13.2. The molecule has 0 aromatic carbocycles. The molecule has 1 aromatic rings. The van der Waals surface area contributed by atoms with E-state index in [1.807, 2.05) is 23.3 Å². The van der Waals surface area contributed by atoms with Gasteiger partial charge in [0.15, 0.2) is 0 Å². The fraction of sp³-hybridized carbons (Fsp3) is 0.692. The van der Waals surface area contributed by atoms with E-state index in [-0.39, 0.29) is 5.91 Å². The van der Waals surface area contributed by atoms with Crippen LogP contribution < -0.4 is 5.73 Å². The molecule has 5 heteroatoms. The van der Waals surface area contributed by atoms with Crippen molar-refractivity contribution < 1.29 is 4.79 Å². The van der Waals surface area contributed by atoms with Crippen LogP contribution in [0.5, 0.6) is 0 Å². The average Bonchev–Trinajstić information content (AvgIpc) is 2.95. The molecule has 0 atom stereocenters. The van der Waals surface area contributed by atoms with E-state index in [1.165, 1.54) is 0 Å². The lowest BCUT2D eigenvalue weighted by atomic mass is 10.0. The molecule has 2 heterocycles.